The summed E-state index contributed by atoms with van der Waals surface area (Å²) in [7, 11) is 1.59. The van der Waals surface area contributed by atoms with Crippen molar-refractivity contribution in [1.29, 1.82) is 0 Å². The molecule has 0 aliphatic carbocycles. The zero-order valence-electron chi connectivity index (χ0n) is 14.1. The second kappa shape index (κ2) is 7.56. The van der Waals surface area contributed by atoms with E-state index in [-0.39, 0.29) is 22.9 Å². The monoisotopic (exact) mass is 391 g/mol. The van der Waals surface area contributed by atoms with Crippen molar-refractivity contribution in [1.82, 2.24) is 4.90 Å². The Balaban J connectivity index is 2.00. The van der Waals surface area contributed by atoms with E-state index in [0.717, 1.165) is 11.8 Å². The van der Waals surface area contributed by atoms with Crippen LogP contribution in [0.5, 0.6) is 0 Å². The van der Waals surface area contributed by atoms with Gasteiger partial charge in [0.2, 0.25) is 5.91 Å². The molecule has 1 saturated heterocycles. The van der Waals surface area contributed by atoms with Gasteiger partial charge in [0.05, 0.1) is 16.2 Å². The fourth-order valence-electron chi connectivity index (χ4n) is 2.92. The van der Waals surface area contributed by atoms with Gasteiger partial charge in [-0.05, 0) is 12.5 Å². The third kappa shape index (κ3) is 3.25. The van der Waals surface area contributed by atoms with Gasteiger partial charge in [-0.25, -0.2) is 0 Å². The van der Waals surface area contributed by atoms with Gasteiger partial charge in [-0.15, -0.1) is 0 Å². The number of hydrogen-bond donors (Lipinski definition) is 1. The number of nitrogens with two attached hydrogens (primary N) is 1. The first kappa shape index (κ1) is 18.6. The number of rotatable bonds is 6. The van der Waals surface area contributed by atoms with Crippen molar-refractivity contribution in [2.45, 2.75) is 6.42 Å². The summed E-state index contributed by atoms with van der Waals surface area (Å²) in [5.41, 5.74) is 6.71. The van der Waals surface area contributed by atoms with E-state index in [0.29, 0.717) is 35.1 Å². The number of hydrogen-bond acceptors (Lipinski definition) is 6. The molecule has 2 heterocycles. The maximum Gasteiger partial charge on any atom is 0.267 e. The predicted molar refractivity (Wildman–Crippen MR) is 103 cm³/mol. The van der Waals surface area contributed by atoms with Crippen molar-refractivity contribution >= 4 is 57.3 Å². The summed E-state index contributed by atoms with van der Waals surface area (Å²) >= 11 is 6.42. The number of amides is 3. The van der Waals surface area contributed by atoms with Gasteiger partial charge in [-0.2, -0.15) is 0 Å². The Morgan fingerprint density at radius 3 is 2.65 bits per heavy atom. The van der Waals surface area contributed by atoms with E-state index < -0.39 is 11.8 Å². The summed E-state index contributed by atoms with van der Waals surface area (Å²) < 4.78 is 5.42. The molecule has 0 bridgehead atoms. The van der Waals surface area contributed by atoms with E-state index in [9.17, 15) is 14.4 Å². The zero-order chi connectivity index (χ0) is 18.8. The first-order valence-electron chi connectivity index (χ1n) is 7.92. The van der Waals surface area contributed by atoms with E-state index in [1.165, 1.54) is 9.80 Å². The third-order valence-corrected chi connectivity index (χ3v) is 5.49. The molecule has 3 rings (SSSR count). The van der Waals surface area contributed by atoms with Crippen molar-refractivity contribution in [3.05, 3.63) is 34.7 Å². The Morgan fingerprint density at radius 1 is 1.23 bits per heavy atom. The molecule has 1 aromatic rings. The number of thiocarbonyl (C=S) groups is 1. The lowest BCUT2D eigenvalue weighted by Crippen LogP contribution is -2.36. The Hall–Kier alpha value is -2.23. The number of carbonyl (C=O) groups excluding carboxylic acids is 3. The minimum atomic E-state index is -0.624. The number of ether oxygens (including phenoxy) is 1. The second-order valence-corrected chi connectivity index (χ2v) is 7.39. The molecular weight excluding hydrogens is 374 g/mol. The van der Waals surface area contributed by atoms with E-state index in [4.69, 9.17) is 22.7 Å². The number of carbonyl (C=O) groups is 3. The van der Waals surface area contributed by atoms with Crippen LogP contribution >= 0.6 is 24.0 Å². The van der Waals surface area contributed by atoms with Gasteiger partial charge in [0.25, 0.3) is 11.8 Å². The fourth-order valence-corrected chi connectivity index (χ4v) is 4.30. The summed E-state index contributed by atoms with van der Waals surface area (Å²) in [6.07, 6.45) is 0.643. The number of primary amides is 1. The molecule has 1 aromatic carbocycles. The summed E-state index contributed by atoms with van der Waals surface area (Å²) in [5, 5.41) is 0. The largest absolute Gasteiger partial charge is 0.385 e. The average molecular weight is 391 g/mol. The van der Waals surface area contributed by atoms with Crippen molar-refractivity contribution in [3.63, 3.8) is 0 Å². The van der Waals surface area contributed by atoms with Crippen LogP contribution in [0.1, 0.15) is 12.0 Å². The van der Waals surface area contributed by atoms with Crippen LogP contribution < -0.4 is 10.6 Å². The molecule has 2 aliphatic heterocycles. The maximum absolute atomic E-state index is 12.9. The highest BCUT2D eigenvalue weighted by Gasteiger charge is 2.42. The summed E-state index contributed by atoms with van der Waals surface area (Å²) in [4.78, 5) is 40.2. The summed E-state index contributed by atoms with van der Waals surface area (Å²) in [6.45, 7) is 0.695. The van der Waals surface area contributed by atoms with Crippen LogP contribution in [-0.4, -0.2) is 53.7 Å². The Morgan fingerprint density at radius 2 is 1.96 bits per heavy atom. The van der Waals surface area contributed by atoms with Crippen LogP contribution in [0.15, 0.2) is 29.2 Å². The van der Waals surface area contributed by atoms with Crippen molar-refractivity contribution in [3.8, 4) is 0 Å². The number of fused-ring (bicyclic) bond motifs is 1. The Kier molecular flexibility index (Phi) is 5.40. The number of methoxy groups -OCH3 is 1. The third-order valence-electron chi connectivity index (χ3n) is 4.04. The van der Waals surface area contributed by atoms with E-state index in [1.807, 2.05) is 0 Å². The zero-order valence-corrected chi connectivity index (χ0v) is 15.7. The lowest BCUT2D eigenvalue weighted by Gasteiger charge is -2.14. The first-order chi connectivity index (χ1) is 12.5. The second-order valence-electron chi connectivity index (χ2n) is 5.75. The Labute approximate surface area is 160 Å². The van der Waals surface area contributed by atoms with Crippen LogP contribution in [0.3, 0.4) is 0 Å². The molecule has 0 saturated carbocycles. The van der Waals surface area contributed by atoms with Gasteiger partial charge < -0.3 is 10.5 Å². The van der Waals surface area contributed by atoms with E-state index >= 15 is 0 Å². The van der Waals surface area contributed by atoms with Crippen LogP contribution in [-0.2, 0) is 19.1 Å². The lowest BCUT2D eigenvalue weighted by atomic mass is 10.1. The number of nitrogens with zero attached hydrogens (tertiary/aromatic N) is 2. The molecule has 0 unspecified atom stereocenters. The molecule has 0 atom stereocenters. The van der Waals surface area contributed by atoms with Crippen LogP contribution in [0.4, 0.5) is 5.69 Å². The summed E-state index contributed by atoms with van der Waals surface area (Å²) in [5.74, 6) is -1.33. The number of benzene rings is 1. The van der Waals surface area contributed by atoms with Crippen molar-refractivity contribution in [2.75, 3.05) is 31.7 Å². The van der Waals surface area contributed by atoms with Crippen molar-refractivity contribution < 1.29 is 19.1 Å². The highest BCUT2D eigenvalue weighted by molar-refractivity contribution is 8.26. The minimum Gasteiger partial charge on any atom is -0.385 e. The molecule has 9 heteroatoms. The molecule has 7 nitrogen and oxygen atoms in total. The lowest BCUT2D eigenvalue weighted by molar-refractivity contribution is -0.122. The van der Waals surface area contributed by atoms with Crippen LogP contribution in [0.2, 0.25) is 0 Å². The van der Waals surface area contributed by atoms with E-state index in [2.05, 4.69) is 0 Å². The molecule has 2 aliphatic rings. The fraction of sp³-hybridized carbons (Fsp3) is 0.294. The minimum absolute atomic E-state index is 0.243. The van der Waals surface area contributed by atoms with Gasteiger partial charge in [-0.3, -0.25) is 24.2 Å². The van der Waals surface area contributed by atoms with Gasteiger partial charge in [0, 0.05) is 25.8 Å². The SMILES string of the molecule is COCCCN1C(=O)/C(=C2/C(=O)N(CC(N)=O)c3ccccc32)SC1=S. The normalized spacial score (nSPS) is 19.5. The molecule has 0 spiro atoms. The molecule has 1 fully saturated rings. The van der Waals surface area contributed by atoms with E-state index in [1.54, 1.807) is 31.4 Å². The summed E-state index contributed by atoms with van der Waals surface area (Å²) in [6, 6.07) is 7.02. The molecule has 136 valence electrons. The molecular formula is C17H17N3O4S2. The van der Waals surface area contributed by atoms with Gasteiger partial charge in [0.1, 0.15) is 10.9 Å². The van der Waals surface area contributed by atoms with Crippen LogP contribution in [0, 0.1) is 0 Å². The predicted octanol–water partition coefficient (Wildman–Crippen LogP) is 1.13. The standard InChI is InChI=1S/C17H17N3O4S2/c1-24-8-4-7-19-16(23)14(26-17(19)25)13-10-5-2-3-6-11(10)20(15(13)22)9-12(18)21/h2-3,5-6H,4,7-9H2,1H3,(H2,18,21)/b14-13-. The molecule has 3 amide bonds. The Bertz CT molecular complexity index is 837. The maximum atomic E-state index is 12.9. The van der Waals surface area contributed by atoms with Crippen molar-refractivity contribution in [2.24, 2.45) is 5.73 Å². The smallest absolute Gasteiger partial charge is 0.267 e. The van der Waals surface area contributed by atoms with Gasteiger partial charge in [0.15, 0.2) is 0 Å². The quantitative estimate of drug-likeness (QED) is 0.444. The van der Waals surface area contributed by atoms with Gasteiger partial charge >= 0.3 is 0 Å². The number of para-hydroxylation sites is 1. The highest BCUT2D eigenvalue weighted by Crippen LogP contribution is 2.44. The highest BCUT2D eigenvalue weighted by atomic mass is 32.2. The first-order valence-corrected chi connectivity index (χ1v) is 9.14. The number of anilines is 1. The van der Waals surface area contributed by atoms with Crippen LogP contribution in [0.25, 0.3) is 5.57 Å². The topological polar surface area (TPSA) is 92.9 Å². The molecule has 0 radical (unpaired) electrons. The number of thioether (sulfide) groups is 1. The average Bonchev–Trinajstić information content (AvgIpc) is 3.03. The molecule has 0 aromatic heterocycles. The molecule has 26 heavy (non-hydrogen) atoms. The molecule has 2 N–H and O–H groups in total. The van der Waals surface area contributed by atoms with Gasteiger partial charge in [-0.1, -0.05) is 42.2 Å².